The molecular formula is C15H21N3O3. The van der Waals surface area contributed by atoms with Crippen LogP contribution in [-0.4, -0.2) is 29.5 Å². The minimum Gasteiger partial charge on any atom is -0.457 e. The third kappa shape index (κ3) is 6.07. The second kappa shape index (κ2) is 7.42. The lowest BCUT2D eigenvalue weighted by Crippen LogP contribution is -2.22. The highest BCUT2D eigenvalue weighted by molar-refractivity contribution is 5.88. The van der Waals surface area contributed by atoms with Gasteiger partial charge in [-0.05, 0) is 45.4 Å². The van der Waals surface area contributed by atoms with Gasteiger partial charge in [-0.3, -0.25) is 4.79 Å². The zero-order valence-corrected chi connectivity index (χ0v) is 12.8. The van der Waals surface area contributed by atoms with Crippen molar-refractivity contribution in [3.63, 3.8) is 0 Å². The van der Waals surface area contributed by atoms with Crippen molar-refractivity contribution in [3.8, 4) is 0 Å². The van der Waals surface area contributed by atoms with Gasteiger partial charge in [0.15, 0.2) is 5.82 Å². The van der Waals surface area contributed by atoms with Crippen LogP contribution in [0.5, 0.6) is 0 Å². The van der Waals surface area contributed by atoms with E-state index in [2.05, 4.69) is 15.6 Å². The molecule has 0 aliphatic carbocycles. The topological polar surface area (TPSA) is 80.3 Å². The average molecular weight is 291 g/mol. The molecule has 114 valence electrons. The van der Waals surface area contributed by atoms with Crippen LogP contribution < -0.4 is 10.6 Å². The SMILES string of the molecule is CCNc1cc(/C=C/C(=O)OC(C)(C)C)cnc1NC=O. The van der Waals surface area contributed by atoms with Gasteiger partial charge in [0.05, 0.1) is 5.69 Å². The number of anilines is 2. The minimum absolute atomic E-state index is 0.414. The van der Waals surface area contributed by atoms with Crippen molar-refractivity contribution in [1.82, 2.24) is 4.98 Å². The van der Waals surface area contributed by atoms with Gasteiger partial charge in [-0.1, -0.05) is 0 Å². The lowest BCUT2D eigenvalue weighted by Gasteiger charge is -2.17. The van der Waals surface area contributed by atoms with Gasteiger partial charge in [-0.15, -0.1) is 0 Å². The van der Waals surface area contributed by atoms with Crippen LogP contribution in [0.1, 0.15) is 33.3 Å². The molecule has 0 saturated heterocycles. The Balaban J connectivity index is 2.86. The average Bonchev–Trinajstić information content (AvgIpc) is 2.37. The molecular weight excluding hydrogens is 270 g/mol. The number of pyridine rings is 1. The molecule has 0 bridgehead atoms. The van der Waals surface area contributed by atoms with E-state index in [4.69, 9.17) is 4.74 Å². The van der Waals surface area contributed by atoms with Crippen LogP contribution >= 0.6 is 0 Å². The Morgan fingerprint density at radius 3 is 2.71 bits per heavy atom. The summed E-state index contributed by atoms with van der Waals surface area (Å²) in [7, 11) is 0. The van der Waals surface area contributed by atoms with Crippen molar-refractivity contribution in [1.29, 1.82) is 0 Å². The molecule has 1 aromatic heterocycles. The molecule has 1 rings (SSSR count). The van der Waals surface area contributed by atoms with E-state index in [0.717, 1.165) is 5.56 Å². The normalized spacial score (nSPS) is 11.2. The molecule has 1 heterocycles. The summed E-state index contributed by atoms with van der Waals surface area (Å²) in [5.41, 5.74) is 0.899. The Kier molecular flexibility index (Phi) is 5.90. The molecule has 1 amide bonds. The fourth-order valence-electron chi connectivity index (χ4n) is 1.57. The van der Waals surface area contributed by atoms with Gasteiger partial charge in [-0.25, -0.2) is 9.78 Å². The number of aromatic nitrogens is 1. The molecule has 0 radical (unpaired) electrons. The third-order valence-corrected chi connectivity index (χ3v) is 2.29. The molecule has 0 fully saturated rings. The van der Waals surface area contributed by atoms with Gasteiger partial charge in [0.2, 0.25) is 6.41 Å². The summed E-state index contributed by atoms with van der Waals surface area (Å²) in [6.07, 6.45) is 5.10. The molecule has 0 spiro atoms. The first-order valence-electron chi connectivity index (χ1n) is 6.71. The number of nitrogens with zero attached hydrogens (tertiary/aromatic N) is 1. The molecule has 21 heavy (non-hydrogen) atoms. The maximum Gasteiger partial charge on any atom is 0.331 e. The smallest absolute Gasteiger partial charge is 0.331 e. The zero-order chi connectivity index (χ0) is 15.9. The van der Waals surface area contributed by atoms with Crippen molar-refractivity contribution in [2.75, 3.05) is 17.2 Å². The monoisotopic (exact) mass is 291 g/mol. The molecule has 2 N–H and O–H groups in total. The highest BCUT2D eigenvalue weighted by atomic mass is 16.6. The van der Waals surface area contributed by atoms with Gasteiger partial charge in [-0.2, -0.15) is 0 Å². The van der Waals surface area contributed by atoms with E-state index < -0.39 is 11.6 Å². The number of nitrogens with one attached hydrogen (secondary N) is 2. The first kappa shape index (κ1) is 16.7. The van der Waals surface area contributed by atoms with Crippen LogP contribution in [0.15, 0.2) is 18.3 Å². The minimum atomic E-state index is -0.521. The van der Waals surface area contributed by atoms with E-state index in [1.54, 1.807) is 18.3 Å². The standard InChI is InChI=1S/C15H21N3O3/c1-5-16-12-8-11(9-17-14(12)18-10-19)6-7-13(20)21-15(2,3)4/h6-10,16H,5H2,1-4H3,(H,17,18,19)/b7-6+. The number of hydrogen-bond acceptors (Lipinski definition) is 5. The Labute approximate surface area is 124 Å². The lowest BCUT2D eigenvalue weighted by atomic mass is 10.2. The Hall–Kier alpha value is -2.37. The lowest BCUT2D eigenvalue weighted by molar-refractivity contribution is -0.148. The third-order valence-electron chi connectivity index (χ3n) is 2.29. The molecule has 6 nitrogen and oxygen atoms in total. The molecule has 0 aliphatic heterocycles. The largest absolute Gasteiger partial charge is 0.457 e. The second-order valence-corrected chi connectivity index (χ2v) is 5.32. The van der Waals surface area contributed by atoms with Crippen LogP contribution in [0.2, 0.25) is 0 Å². The summed E-state index contributed by atoms with van der Waals surface area (Å²) in [6, 6.07) is 1.79. The zero-order valence-electron chi connectivity index (χ0n) is 12.8. The van der Waals surface area contributed by atoms with Gasteiger partial charge < -0.3 is 15.4 Å². The van der Waals surface area contributed by atoms with Crippen LogP contribution in [0.3, 0.4) is 0 Å². The van der Waals surface area contributed by atoms with Crippen LogP contribution in [-0.2, 0) is 14.3 Å². The number of ether oxygens (including phenoxy) is 1. The van der Waals surface area contributed by atoms with Gasteiger partial charge in [0.1, 0.15) is 5.60 Å². The first-order chi connectivity index (χ1) is 9.85. The van der Waals surface area contributed by atoms with Crippen molar-refractivity contribution < 1.29 is 14.3 Å². The molecule has 0 aromatic carbocycles. The number of amides is 1. The van der Waals surface area contributed by atoms with Crippen LogP contribution in [0, 0.1) is 0 Å². The quantitative estimate of drug-likeness (QED) is 0.478. The first-order valence-corrected chi connectivity index (χ1v) is 6.71. The summed E-state index contributed by atoms with van der Waals surface area (Å²) in [5.74, 6) is 0.0314. The maximum atomic E-state index is 11.6. The highest BCUT2D eigenvalue weighted by Gasteiger charge is 2.13. The molecule has 0 unspecified atom stereocenters. The fourth-order valence-corrected chi connectivity index (χ4v) is 1.57. The van der Waals surface area contributed by atoms with Gasteiger partial charge in [0, 0.05) is 18.8 Å². The van der Waals surface area contributed by atoms with Crippen molar-refractivity contribution in [2.45, 2.75) is 33.3 Å². The van der Waals surface area contributed by atoms with E-state index >= 15 is 0 Å². The summed E-state index contributed by atoms with van der Waals surface area (Å²) < 4.78 is 5.18. The fraction of sp³-hybridized carbons (Fsp3) is 0.400. The van der Waals surface area contributed by atoms with Crippen LogP contribution in [0.4, 0.5) is 11.5 Å². The summed E-state index contributed by atoms with van der Waals surface area (Å²) in [5, 5.41) is 5.61. The predicted molar refractivity (Wildman–Crippen MR) is 83.0 cm³/mol. The van der Waals surface area contributed by atoms with Crippen LogP contribution in [0.25, 0.3) is 6.08 Å². The number of carbonyl (C=O) groups excluding carboxylic acids is 2. The number of rotatable bonds is 6. The van der Waals surface area contributed by atoms with E-state index in [9.17, 15) is 9.59 Å². The Morgan fingerprint density at radius 2 is 2.14 bits per heavy atom. The molecule has 6 heteroatoms. The van der Waals surface area contributed by atoms with Crippen molar-refractivity contribution in [2.24, 2.45) is 0 Å². The molecule has 0 atom stereocenters. The maximum absolute atomic E-state index is 11.6. The number of carbonyl (C=O) groups is 2. The Morgan fingerprint density at radius 1 is 1.43 bits per heavy atom. The van der Waals surface area contributed by atoms with Crippen molar-refractivity contribution >= 4 is 30.0 Å². The Bertz CT molecular complexity index is 533. The van der Waals surface area contributed by atoms with E-state index in [-0.39, 0.29) is 0 Å². The summed E-state index contributed by atoms with van der Waals surface area (Å²) >= 11 is 0. The van der Waals surface area contributed by atoms with E-state index in [1.807, 2.05) is 27.7 Å². The predicted octanol–water partition coefficient (Wildman–Crippen LogP) is 2.44. The second-order valence-electron chi connectivity index (χ2n) is 5.32. The number of hydrogen-bond donors (Lipinski definition) is 2. The molecule has 0 saturated carbocycles. The van der Waals surface area contributed by atoms with Gasteiger partial charge >= 0.3 is 5.97 Å². The molecule has 0 aliphatic rings. The number of esters is 1. The van der Waals surface area contributed by atoms with Crippen molar-refractivity contribution in [3.05, 3.63) is 23.9 Å². The molecule has 1 aromatic rings. The highest BCUT2D eigenvalue weighted by Crippen LogP contribution is 2.20. The summed E-state index contributed by atoms with van der Waals surface area (Å²) in [4.78, 5) is 26.2. The summed E-state index contributed by atoms with van der Waals surface area (Å²) in [6.45, 7) is 8.05. The van der Waals surface area contributed by atoms with E-state index in [1.165, 1.54) is 6.08 Å². The van der Waals surface area contributed by atoms with E-state index in [0.29, 0.717) is 24.5 Å². The van der Waals surface area contributed by atoms with Gasteiger partial charge in [0.25, 0.3) is 0 Å².